The Hall–Kier alpha value is -1.61. The SMILES string of the molecule is CCCC1CCC([C@@H](/C=C/[C@H]2[C@H](OC3CCCCO3)CC(=O)[C@@H]2CC(=O)CCCCC(=O)OC)OC2CCCCO2)CC1. The lowest BCUT2D eigenvalue weighted by Crippen LogP contribution is -2.34. The first kappa shape index (κ1) is 34.3. The molecule has 8 heteroatoms. The van der Waals surface area contributed by atoms with Crippen LogP contribution in [0.3, 0.4) is 0 Å². The summed E-state index contributed by atoms with van der Waals surface area (Å²) in [7, 11) is 1.37. The van der Waals surface area contributed by atoms with Crippen LogP contribution in [0.25, 0.3) is 0 Å². The topological polar surface area (TPSA) is 97.4 Å². The van der Waals surface area contributed by atoms with E-state index in [9.17, 15) is 14.4 Å². The van der Waals surface area contributed by atoms with Crippen LogP contribution in [0.15, 0.2) is 12.2 Å². The zero-order valence-electron chi connectivity index (χ0n) is 26.7. The molecule has 0 N–H and O–H groups in total. The summed E-state index contributed by atoms with van der Waals surface area (Å²) in [5, 5.41) is 0. The largest absolute Gasteiger partial charge is 0.469 e. The van der Waals surface area contributed by atoms with Crippen LogP contribution in [0.2, 0.25) is 0 Å². The molecule has 0 aromatic heterocycles. The second-order valence-electron chi connectivity index (χ2n) is 13.2. The maximum absolute atomic E-state index is 13.4. The van der Waals surface area contributed by atoms with Crippen molar-refractivity contribution in [2.75, 3.05) is 20.3 Å². The molecule has 2 saturated carbocycles. The molecule has 244 valence electrons. The van der Waals surface area contributed by atoms with Crippen molar-refractivity contribution in [3.05, 3.63) is 12.2 Å². The van der Waals surface area contributed by atoms with Crippen LogP contribution in [0.5, 0.6) is 0 Å². The number of ketones is 2. The highest BCUT2D eigenvalue weighted by molar-refractivity contribution is 5.90. The summed E-state index contributed by atoms with van der Waals surface area (Å²) < 4.78 is 29.6. The van der Waals surface area contributed by atoms with E-state index in [-0.39, 0.29) is 54.7 Å². The van der Waals surface area contributed by atoms with Crippen molar-refractivity contribution in [2.24, 2.45) is 23.7 Å². The van der Waals surface area contributed by atoms with Gasteiger partial charge in [-0.3, -0.25) is 14.4 Å². The third-order valence-electron chi connectivity index (χ3n) is 9.96. The first-order chi connectivity index (χ1) is 21.0. The van der Waals surface area contributed by atoms with E-state index in [1.807, 2.05) is 0 Å². The number of carbonyl (C=O) groups is 3. The van der Waals surface area contributed by atoms with Crippen LogP contribution in [0.4, 0.5) is 0 Å². The van der Waals surface area contributed by atoms with Crippen molar-refractivity contribution in [2.45, 2.75) is 147 Å². The Kier molecular flexibility index (Phi) is 14.6. The van der Waals surface area contributed by atoms with Gasteiger partial charge in [0, 0.05) is 50.7 Å². The summed E-state index contributed by atoms with van der Waals surface area (Å²) in [6, 6.07) is 0. The first-order valence-electron chi connectivity index (χ1n) is 17.3. The number of esters is 1. The minimum atomic E-state index is -0.412. The van der Waals surface area contributed by atoms with Crippen molar-refractivity contribution in [1.82, 2.24) is 0 Å². The van der Waals surface area contributed by atoms with E-state index < -0.39 is 5.92 Å². The number of hydrogen-bond donors (Lipinski definition) is 0. The van der Waals surface area contributed by atoms with Gasteiger partial charge in [0.1, 0.15) is 11.6 Å². The van der Waals surface area contributed by atoms with Gasteiger partial charge in [-0.25, -0.2) is 0 Å². The monoisotopic (exact) mass is 604 g/mol. The molecule has 0 radical (unpaired) electrons. The molecule has 0 bridgehead atoms. The molecule has 0 aromatic carbocycles. The Morgan fingerprint density at radius 3 is 2.28 bits per heavy atom. The van der Waals surface area contributed by atoms with Crippen molar-refractivity contribution < 1.29 is 38.1 Å². The molecule has 4 fully saturated rings. The molecule has 2 aliphatic carbocycles. The summed E-state index contributed by atoms with van der Waals surface area (Å²) in [6.45, 7) is 3.68. The zero-order chi connectivity index (χ0) is 30.4. The molecule has 0 aromatic rings. The van der Waals surface area contributed by atoms with Crippen molar-refractivity contribution in [3.8, 4) is 0 Å². The molecule has 6 atom stereocenters. The fourth-order valence-corrected chi connectivity index (χ4v) is 7.42. The Labute approximate surface area is 258 Å². The molecule has 8 nitrogen and oxygen atoms in total. The fraction of sp³-hybridized carbons (Fsp3) is 0.857. The van der Waals surface area contributed by atoms with E-state index in [1.54, 1.807) is 0 Å². The quantitative estimate of drug-likeness (QED) is 0.107. The van der Waals surface area contributed by atoms with E-state index in [2.05, 4.69) is 19.1 Å². The van der Waals surface area contributed by atoms with E-state index in [4.69, 9.17) is 23.7 Å². The number of unbranched alkanes of at least 4 members (excludes halogenated alkanes) is 1. The number of carbonyl (C=O) groups excluding carboxylic acids is 3. The lowest BCUT2D eigenvalue weighted by Gasteiger charge is -2.35. The molecule has 0 spiro atoms. The van der Waals surface area contributed by atoms with Crippen LogP contribution in [0.1, 0.15) is 122 Å². The van der Waals surface area contributed by atoms with Gasteiger partial charge in [0.25, 0.3) is 0 Å². The van der Waals surface area contributed by atoms with Crippen LogP contribution in [-0.2, 0) is 38.1 Å². The third-order valence-corrected chi connectivity index (χ3v) is 9.96. The third kappa shape index (κ3) is 11.1. The normalized spacial score (nSPS) is 32.6. The Morgan fingerprint density at radius 2 is 1.63 bits per heavy atom. The van der Waals surface area contributed by atoms with E-state index >= 15 is 0 Å². The smallest absolute Gasteiger partial charge is 0.305 e. The van der Waals surface area contributed by atoms with Crippen LogP contribution in [-0.4, -0.2) is 62.6 Å². The zero-order valence-corrected chi connectivity index (χ0v) is 26.7. The number of methoxy groups -OCH3 is 1. The molecule has 0 amide bonds. The van der Waals surface area contributed by atoms with Crippen molar-refractivity contribution in [1.29, 1.82) is 0 Å². The highest BCUT2D eigenvalue weighted by Crippen LogP contribution is 2.39. The predicted molar refractivity (Wildman–Crippen MR) is 163 cm³/mol. The van der Waals surface area contributed by atoms with Gasteiger partial charge in [-0.1, -0.05) is 44.8 Å². The average molecular weight is 605 g/mol. The van der Waals surface area contributed by atoms with E-state index in [0.29, 0.717) is 44.6 Å². The van der Waals surface area contributed by atoms with Crippen molar-refractivity contribution in [3.63, 3.8) is 0 Å². The number of ether oxygens (including phenoxy) is 5. The summed E-state index contributed by atoms with van der Waals surface area (Å²) in [4.78, 5) is 37.8. The van der Waals surface area contributed by atoms with E-state index in [0.717, 1.165) is 63.9 Å². The van der Waals surface area contributed by atoms with Crippen molar-refractivity contribution >= 4 is 17.5 Å². The Bertz CT molecular complexity index is 882. The van der Waals surface area contributed by atoms with Crippen LogP contribution < -0.4 is 0 Å². The minimum Gasteiger partial charge on any atom is -0.469 e. The van der Waals surface area contributed by atoms with Crippen LogP contribution in [0, 0.1) is 23.7 Å². The maximum Gasteiger partial charge on any atom is 0.305 e. The maximum atomic E-state index is 13.4. The first-order valence-corrected chi connectivity index (χ1v) is 17.3. The lowest BCUT2D eigenvalue weighted by molar-refractivity contribution is -0.193. The Balaban J connectivity index is 1.46. The summed E-state index contributed by atoms with van der Waals surface area (Å²) in [5.74, 6) is 0.503. The Morgan fingerprint density at radius 1 is 0.930 bits per heavy atom. The fourth-order valence-electron chi connectivity index (χ4n) is 7.42. The molecule has 2 unspecified atom stereocenters. The van der Waals surface area contributed by atoms with Gasteiger partial charge in [0.05, 0.1) is 19.3 Å². The molecular weight excluding hydrogens is 548 g/mol. The van der Waals surface area contributed by atoms with Gasteiger partial charge in [0.15, 0.2) is 12.6 Å². The highest BCUT2D eigenvalue weighted by Gasteiger charge is 2.44. The van der Waals surface area contributed by atoms with Gasteiger partial charge in [-0.2, -0.15) is 0 Å². The van der Waals surface area contributed by atoms with Gasteiger partial charge >= 0.3 is 5.97 Å². The standard InChI is InChI=1S/C35H56O8/c1-3-10-25-15-17-26(18-16-25)31(42-34-13-6-8-21-40-34)20-19-28-29(23-27(36)11-4-5-12-33(38)39-2)30(37)24-32(28)43-35-14-7-9-22-41-35/h19-20,25-26,28-29,31-32,34-35H,3-18,21-24H2,1-2H3/b20-19+/t25?,26?,28-,29-,31-,32-,34?,35?/m1/s1. The van der Waals surface area contributed by atoms with Crippen LogP contribution >= 0.6 is 0 Å². The highest BCUT2D eigenvalue weighted by atomic mass is 16.7. The predicted octanol–water partition coefficient (Wildman–Crippen LogP) is 6.87. The summed E-state index contributed by atoms with van der Waals surface area (Å²) in [5.41, 5.74) is 0. The van der Waals surface area contributed by atoms with E-state index in [1.165, 1.54) is 32.8 Å². The molecule has 2 saturated heterocycles. The number of hydrogen-bond acceptors (Lipinski definition) is 8. The minimum absolute atomic E-state index is 0.0637. The van der Waals surface area contributed by atoms with Gasteiger partial charge in [0.2, 0.25) is 0 Å². The summed E-state index contributed by atoms with van der Waals surface area (Å²) >= 11 is 0. The van der Waals surface area contributed by atoms with Gasteiger partial charge in [-0.15, -0.1) is 0 Å². The summed E-state index contributed by atoms with van der Waals surface area (Å²) in [6.07, 6.45) is 19.1. The molecule has 43 heavy (non-hydrogen) atoms. The second kappa shape index (κ2) is 18.4. The molecular formula is C35H56O8. The average Bonchev–Trinajstić information content (AvgIpc) is 3.31. The molecule has 4 aliphatic rings. The lowest BCUT2D eigenvalue weighted by atomic mass is 9.77. The molecule has 4 rings (SSSR count). The number of rotatable bonds is 16. The van der Waals surface area contributed by atoms with Gasteiger partial charge < -0.3 is 23.7 Å². The second-order valence-corrected chi connectivity index (χ2v) is 13.2. The molecule has 2 heterocycles. The number of Topliss-reactive ketones (excluding diaryl/α,β-unsaturated/α-hetero) is 2. The van der Waals surface area contributed by atoms with Gasteiger partial charge in [-0.05, 0) is 76.0 Å². The molecule has 2 aliphatic heterocycles.